The second kappa shape index (κ2) is 5.14. The van der Waals surface area contributed by atoms with E-state index in [2.05, 4.69) is 0 Å². The van der Waals surface area contributed by atoms with Crippen molar-refractivity contribution in [3.05, 3.63) is 0 Å². The molecule has 6 heteroatoms. The van der Waals surface area contributed by atoms with Crippen molar-refractivity contribution in [1.29, 1.82) is 0 Å². The highest BCUT2D eigenvalue weighted by atomic mass is 32.2. The Morgan fingerprint density at radius 2 is 2.06 bits per heavy atom. The van der Waals surface area contributed by atoms with Gasteiger partial charge in [0.15, 0.2) is 0 Å². The molecule has 1 saturated heterocycles. The van der Waals surface area contributed by atoms with Crippen LogP contribution < -0.4 is 0 Å². The zero-order valence-corrected chi connectivity index (χ0v) is 11.0. The van der Waals surface area contributed by atoms with Crippen molar-refractivity contribution >= 4 is 15.9 Å². The lowest BCUT2D eigenvalue weighted by molar-refractivity contribution is -0.134. The van der Waals surface area contributed by atoms with Crippen LogP contribution >= 0.6 is 0 Å². The summed E-state index contributed by atoms with van der Waals surface area (Å²) in [5.74, 6) is -0.0448. The summed E-state index contributed by atoms with van der Waals surface area (Å²) in [6.07, 6.45) is 1.55. The molecule has 1 atom stereocenters. The minimum atomic E-state index is -3.15. The van der Waals surface area contributed by atoms with Gasteiger partial charge in [-0.2, -0.15) is 0 Å². The summed E-state index contributed by atoms with van der Waals surface area (Å²) >= 11 is 0. The van der Waals surface area contributed by atoms with Gasteiger partial charge in [0.05, 0.1) is 11.7 Å². The van der Waals surface area contributed by atoms with Gasteiger partial charge in [-0.3, -0.25) is 4.79 Å². The molecule has 0 radical (unpaired) electrons. The number of hydrogen-bond acceptors (Lipinski definition) is 3. The number of carbonyl (C=O) groups excluding carboxylic acids is 1. The number of hydrogen-bond donors (Lipinski definition) is 0. The first-order valence-electron chi connectivity index (χ1n) is 5.57. The normalized spacial score (nSPS) is 23.1. The van der Waals surface area contributed by atoms with E-state index >= 15 is 0 Å². The van der Waals surface area contributed by atoms with Crippen molar-refractivity contribution in [2.45, 2.75) is 19.8 Å². The standard InChI is InChI=1S/C10H20N2O3S/c1-4-16(14,15)12-7-5-6-9(8-12)10(13)11(2)3/h9H,4-8H2,1-3H3. The summed E-state index contributed by atoms with van der Waals surface area (Å²) in [5.41, 5.74) is 0. The Morgan fingerprint density at radius 1 is 1.44 bits per heavy atom. The first-order valence-corrected chi connectivity index (χ1v) is 7.18. The largest absolute Gasteiger partial charge is 0.349 e. The van der Waals surface area contributed by atoms with Gasteiger partial charge in [-0.15, -0.1) is 0 Å². The molecule has 94 valence electrons. The lowest BCUT2D eigenvalue weighted by atomic mass is 9.98. The smallest absolute Gasteiger partial charge is 0.226 e. The van der Waals surface area contributed by atoms with E-state index in [0.717, 1.165) is 12.8 Å². The average molecular weight is 248 g/mol. The molecule has 16 heavy (non-hydrogen) atoms. The molecular weight excluding hydrogens is 228 g/mol. The van der Waals surface area contributed by atoms with Gasteiger partial charge in [0, 0.05) is 27.2 Å². The summed E-state index contributed by atoms with van der Waals surface area (Å²) in [7, 11) is 0.257. The topological polar surface area (TPSA) is 57.7 Å². The SMILES string of the molecule is CCS(=O)(=O)N1CCCC(C(=O)N(C)C)C1. The highest BCUT2D eigenvalue weighted by Gasteiger charge is 2.31. The summed E-state index contributed by atoms with van der Waals surface area (Å²) < 4.78 is 24.8. The Kier molecular flexibility index (Phi) is 4.32. The Balaban J connectivity index is 2.71. The van der Waals surface area contributed by atoms with Crippen molar-refractivity contribution in [3.63, 3.8) is 0 Å². The molecular formula is C10H20N2O3S. The summed E-state index contributed by atoms with van der Waals surface area (Å²) in [5, 5.41) is 0. The van der Waals surface area contributed by atoms with Crippen LogP contribution in [0.2, 0.25) is 0 Å². The van der Waals surface area contributed by atoms with Crippen LogP contribution in [-0.4, -0.2) is 56.5 Å². The van der Waals surface area contributed by atoms with Crippen LogP contribution in [0.1, 0.15) is 19.8 Å². The predicted octanol–water partition coefficient (Wildman–Crippen LogP) is 0.136. The van der Waals surface area contributed by atoms with Gasteiger partial charge < -0.3 is 4.90 Å². The van der Waals surface area contributed by atoms with E-state index in [1.54, 1.807) is 21.0 Å². The molecule has 1 amide bonds. The number of nitrogens with zero attached hydrogens (tertiary/aromatic N) is 2. The highest BCUT2D eigenvalue weighted by Crippen LogP contribution is 2.20. The number of carbonyl (C=O) groups is 1. The Bertz CT molecular complexity index is 351. The fourth-order valence-electron chi connectivity index (χ4n) is 1.94. The van der Waals surface area contributed by atoms with Crippen LogP contribution in [0, 0.1) is 5.92 Å². The summed E-state index contributed by atoms with van der Waals surface area (Å²) in [6.45, 7) is 2.52. The maximum atomic E-state index is 11.8. The van der Waals surface area contributed by atoms with Crippen molar-refractivity contribution in [1.82, 2.24) is 9.21 Å². The molecule has 0 N–H and O–H groups in total. The van der Waals surface area contributed by atoms with Gasteiger partial charge >= 0.3 is 0 Å². The van der Waals surface area contributed by atoms with E-state index in [-0.39, 0.29) is 17.6 Å². The van der Waals surface area contributed by atoms with E-state index in [0.29, 0.717) is 13.1 Å². The van der Waals surface area contributed by atoms with Gasteiger partial charge in [0.1, 0.15) is 0 Å². The molecule has 0 bridgehead atoms. The third-order valence-corrected chi connectivity index (χ3v) is 4.78. The molecule has 0 aromatic carbocycles. The molecule has 1 rings (SSSR count). The first kappa shape index (κ1) is 13.4. The van der Waals surface area contributed by atoms with Crippen molar-refractivity contribution in [3.8, 4) is 0 Å². The Labute approximate surface area is 97.5 Å². The van der Waals surface area contributed by atoms with E-state index in [9.17, 15) is 13.2 Å². The zero-order chi connectivity index (χ0) is 12.3. The van der Waals surface area contributed by atoms with E-state index in [1.165, 1.54) is 9.21 Å². The fraction of sp³-hybridized carbons (Fsp3) is 0.900. The fourth-order valence-corrected chi connectivity index (χ4v) is 3.12. The second-order valence-electron chi connectivity index (χ2n) is 4.33. The third-order valence-electron chi connectivity index (χ3n) is 2.93. The van der Waals surface area contributed by atoms with Crippen molar-refractivity contribution < 1.29 is 13.2 Å². The van der Waals surface area contributed by atoms with Gasteiger partial charge in [0.2, 0.25) is 15.9 Å². The molecule has 0 aliphatic carbocycles. The molecule has 0 aromatic rings. The number of piperidine rings is 1. The van der Waals surface area contributed by atoms with Crippen molar-refractivity contribution in [2.75, 3.05) is 32.9 Å². The van der Waals surface area contributed by atoms with Crippen molar-refractivity contribution in [2.24, 2.45) is 5.92 Å². The minimum absolute atomic E-state index is 0.0241. The maximum absolute atomic E-state index is 11.8. The first-order chi connectivity index (χ1) is 7.38. The lowest BCUT2D eigenvalue weighted by Gasteiger charge is -2.32. The molecule has 0 aromatic heterocycles. The molecule has 1 aliphatic rings. The van der Waals surface area contributed by atoms with Crippen LogP contribution in [-0.2, 0) is 14.8 Å². The number of sulfonamides is 1. The maximum Gasteiger partial charge on any atom is 0.226 e. The lowest BCUT2D eigenvalue weighted by Crippen LogP contribution is -2.45. The average Bonchev–Trinajstić information content (AvgIpc) is 2.28. The molecule has 1 heterocycles. The quantitative estimate of drug-likeness (QED) is 0.713. The van der Waals surface area contributed by atoms with E-state index in [1.807, 2.05) is 0 Å². The summed E-state index contributed by atoms with van der Waals surface area (Å²) in [4.78, 5) is 13.3. The van der Waals surface area contributed by atoms with Crippen LogP contribution in [0.5, 0.6) is 0 Å². The van der Waals surface area contributed by atoms with Gasteiger partial charge in [-0.05, 0) is 19.8 Å². The van der Waals surface area contributed by atoms with E-state index < -0.39 is 10.0 Å². The van der Waals surface area contributed by atoms with Gasteiger partial charge in [0.25, 0.3) is 0 Å². The second-order valence-corrected chi connectivity index (χ2v) is 6.59. The Hall–Kier alpha value is -0.620. The number of amides is 1. The molecule has 5 nitrogen and oxygen atoms in total. The predicted molar refractivity (Wildman–Crippen MR) is 62.5 cm³/mol. The van der Waals surface area contributed by atoms with Crippen LogP contribution in [0.4, 0.5) is 0 Å². The minimum Gasteiger partial charge on any atom is -0.349 e. The number of rotatable bonds is 3. The van der Waals surface area contributed by atoms with Gasteiger partial charge in [-0.1, -0.05) is 0 Å². The molecule has 1 fully saturated rings. The molecule has 0 saturated carbocycles. The monoisotopic (exact) mass is 248 g/mol. The molecule has 0 spiro atoms. The van der Waals surface area contributed by atoms with E-state index in [4.69, 9.17) is 0 Å². The van der Waals surface area contributed by atoms with Gasteiger partial charge in [-0.25, -0.2) is 12.7 Å². The highest BCUT2D eigenvalue weighted by molar-refractivity contribution is 7.89. The third kappa shape index (κ3) is 2.95. The summed E-state index contributed by atoms with van der Waals surface area (Å²) in [6, 6.07) is 0. The van der Waals surface area contributed by atoms with Crippen LogP contribution in [0.15, 0.2) is 0 Å². The molecule has 1 unspecified atom stereocenters. The van der Waals surface area contributed by atoms with Crippen LogP contribution in [0.25, 0.3) is 0 Å². The Morgan fingerprint density at radius 3 is 2.56 bits per heavy atom. The van der Waals surface area contributed by atoms with Crippen LogP contribution in [0.3, 0.4) is 0 Å². The molecule has 1 aliphatic heterocycles. The zero-order valence-electron chi connectivity index (χ0n) is 10.1.